The molecule has 0 aromatic heterocycles. The van der Waals surface area contributed by atoms with E-state index in [4.69, 9.17) is 10.9 Å². The molecule has 1 aliphatic rings. The number of nitrogens with one attached hydrogen (secondary N) is 1. The summed E-state index contributed by atoms with van der Waals surface area (Å²) in [6.45, 7) is 0.467. The fourth-order valence-electron chi connectivity index (χ4n) is 1.69. The topological polar surface area (TPSA) is 105 Å². The van der Waals surface area contributed by atoms with Gasteiger partial charge in [-0.25, -0.2) is 8.42 Å². The van der Waals surface area contributed by atoms with Crippen molar-refractivity contribution in [1.82, 2.24) is 5.32 Å². The molecular weight excluding hydrogens is 266 g/mol. The predicted molar refractivity (Wildman–Crippen MR) is 72.0 cm³/mol. The molecule has 0 unspecified atom stereocenters. The fourth-order valence-corrected chi connectivity index (χ4v) is 2.87. The van der Waals surface area contributed by atoms with Gasteiger partial charge in [-0.2, -0.15) is 0 Å². The molecule has 1 aliphatic carbocycles. The predicted octanol–water partition coefficient (Wildman–Crippen LogP) is 0.307. The molecule has 1 saturated carbocycles. The molecule has 0 saturated heterocycles. The lowest BCUT2D eigenvalue weighted by Gasteiger charge is -2.06. The minimum Gasteiger partial charge on any atom is -0.409 e. The third kappa shape index (κ3) is 3.68. The molecular formula is C12H17N3O3S. The second kappa shape index (κ2) is 5.58. The van der Waals surface area contributed by atoms with Crippen LogP contribution in [0.3, 0.4) is 0 Å². The molecule has 0 atom stereocenters. The van der Waals surface area contributed by atoms with Crippen LogP contribution >= 0.6 is 0 Å². The Balaban J connectivity index is 2.02. The number of nitrogens with two attached hydrogens (primary N) is 1. The molecule has 0 spiro atoms. The van der Waals surface area contributed by atoms with Crippen molar-refractivity contribution < 1.29 is 13.6 Å². The molecule has 0 amide bonds. The van der Waals surface area contributed by atoms with E-state index in [2.05, 4.69) is 10.5 Å². The lowest BCUT2D eigenvalue weighted by molar-refractivity contribution is 0.318. The van der Waals surface area contributed by atoms with Crippen molar-refractivity contribution in [1.29, 1.82) is 0 Å². The van der Waals surface area contributed by atoms with Gasteiger partial charge in [0.2, 0.25) is 0 Å². The van der Waals surface area contributed by atoms with E-state index in [1.54, 1.807) is 0 Å². The number of oxime groups is 1. The number of hydrogen-bond acceptors (Lipinski definition) is 5. The Morgan fingerprint density at radius 2 is 2.00 bits per heavy atom. The van der Waals surface area contributed by atoms with Crippen molar-refractivity contribution in [2.75, 3.05) is 12.3 Å². The van der Waals surface area contributed by atoms with Gasteiger partial charge in [-0.3, -0.25) is 0 Å². The van der Waals surface area contributed by atoms with Crippen LogP contribution < -0.4 is 11.1 Å². The molecule has 0 bridgehead atoms. The average molecular weight is 283 g/mol. The number of amidine groups is 1. The van der Waals surface area contributed by atoms with E-state index in [0.717, 1.165) is 12.8 Å². The third-order valence-corrected chi connectivity index (χ3v) is 4.73. The second-order valence-corrected chi connectivity index (χ2v) is 6.67. The Morgan fingerprint density at radius 1 is 1.37 bits per heavy atom. The molecule has 6 nitrogen and oxygen atoms in total. The van der Waals surface area contributed by atoms with E-state index in [0.29, 0.717) is 18.2 Å². The number of sulfone groups is 1. The van der Waals surface area contributed by atoms with E-state index < -0.39 is 9.84 Å². The van der Waals surface area contributed by atoms with E-state index >= 15 is 0 Å². The van der Waals surface area contributed by atoms with E-state index in [1.165, 1.54) is 24.3 Å². The van der Waals surface area contributed by atoms with Crippen molar-refractivity contribution in [2.45, 2.75) is 23.8 Å². The molecule has 4 N–H and O–H groups in total. The molecule has 1 fully saturated rings. The zero-order valence-corrected chi connectivity index (χ0v) is 11.2. The lowest BCUT2D eigenvalue weighted by atomic mass is 10.2. The van der Waals surface area contributed by atoms with Crippen LogP contribution in [0.2, 0.25) is 0 Å². The van der Waals surface area contributed by atoms with Crippen LogP contribution in [0.5, 0.6) is 0 Å². The summed E-state index contributed by atoms with van der Waals surface area (Å²) in [5.41, 5.74) is 5.90. The highest BCUT2D eigenvalue weighted by Gasteiger charge is 2.21. The zero-order valence-electron chi connectivity index (χ0n) is 10.4. The highest BCUT2D eigenvalue weighted by molar-refractivity contribution is 7.91. The summed E-state index contributed by atoms with van der Waals surface area (Å²) >= 11 is 0. The number of benzene rings is 1. The zero-order chi connectivity index (χ0) is 13.9. The summed E-state index contributed by atoms with van der Waals surface area (Å²) in [5.74, 6) is 0.0335. The largest absolute Gasteiger partial charge is 0.409 e. The van der Waals surface area contributed by atoms with Gasteiger partial charge in [-0.05, 0) is 37.1 Å². The van der Waals surface area contributed by atoms with Gasteiger partial charge in [0, 0.05) is 18.2 Å². The maximum Gasteiger partial charge on any atom is 0.179 e. The second-order valence-electron chi connectivity index (χ2n) is 4.56. The first-order valence-electron chi connectivity index (χ1n) is 6.07. The summed E-state index contributed by atoms with van der Waals surface area (Å²) in [6.07, 6.45) is 2.27. The van der Waals surface area contributed by atoms with Gasteiger partial charge < -0.3 is 16.3 Å². The van der Waals surface area contributed by atoms with Gasteiger partial charge >= 0.3 is 0 Å². The van der Waals surface area contributed by atoms with Crippen molar-refractivity contribution in [2.24, 2.45) is 10.9 Å². The Kier molecular flexibility index (Phi) is 4.06. The fraction of sp³-hybridized carbons (Fsp3) is 0.417. The van der Waals surface area contributed by atoms with Crippen molar-refractivity contribution in [3.8, 4) is 0 Å². The first kappa shape index (κ1) is 13.8. The van der Waals surface area contributed by atoms with Crippen LogP contribution in [-0.2, 0) is 9.84 Å². The first-order valence-corrected chi connectivity index (χ1v) is 7.72. The molecule has 104 valence electrons. The van der Waals surface area contributed by atoms with Gasteiger partial charge in [-0.1, -0.05) is 5.16 Å². The van der Waals surface area contributed by atoms with E-state index in [-0.39, 0.29) is 16.5 Å². The monoisotopic (exact) mass is 283 g/mol. The minimum absolute atomic E-state index is 0.0423. The maximum absolute atomic E-state index is 12.0. The van der Waals surface area contributed by atoms with Crippen LogP contribution in [-0.4, -0.2) is 37.8 Å². The van der Waals surface area contributed by atoms with Crippen LogP contribution in [0.4, 0.5) is 0 Å². The normalized spacial score (nSPS) is 16.5. The lowest BCUT2D eigenvalue weighted by Crippen LogP contribution is -2.24. The van der Waals surface area contributed by atoms with E-state index in [1.807, 2.05) is 0 Å². The maximum atomic E-state index is 12.0. The summed E-state index contributed by atoms with van der Waals surface area (Å²) in [4.78, 5) is 0.250. The van der Waals surface area contributed by atoms with Crippen molar-refractivity contribution in [3.05, 3.63) is 29.8 Å². The summed E-state index contributed by atoms with van der Waals surface area (Å²) < 4.78 is 24.1. The molecule has 1 aromatic carbocycles. The quantitative estimate of drug-likeness (QED) is 0.301. The smallest absolute Gasteiger partial charge is 0.179 e. The average Bonchev–Trinajstić information content (AvgIpc) is 3.22. The summed E-state index contributed by atoms with van der Waals surface area (Å²) in [5, 5.41) is 14.6. The molecule has 2 rings (SSSR count). The van der Waals surface area contributed by atoms with E-state index in [9.17, 15) is 8.42 Å². The van der Waals surface area contributed by atoms with Crippen LogP contribution in [0.25, 0.3) is 0 Å². The van der Waals surface area contributed by atoms with Crippen LogP contribution in [0.1, 0.15) is 18.4 Å². The Hall–Kier alpha value is -1.60. The third-order valence-electron chi connectivity index (χ3n) is 3.00. The Labute approximate surface area is 112 Å². The van der Waals surface area contributed by atoms with Gasteiger partial charge in [0.15, 0.2) is 15.7 Å². The van der Waals surface area contributed by atoms with Crippen LogP contribution in [0, 0.1) is 0 Å². The Bertz CT molecular complexity index is 562. The molecule has 0 radical (unpaired) electrons. The van der Waals surface area contributed by atoms with Crippen LogP contribution in [0.15, 0.2) is 34.3 Å². The summed E-state index contributed by atoms with van der Waals surface area (Å²) in [6, 6.07) is 6.49. The number of nitrogens with zero attached hydrogens (tertiary/aromatic N) is 1. The molecule has 19 heavy (non-hydrogen) atoms. The van der Waals surface area contributed by atoms with Gasteiger partial charge in [0.25, 0.3) is 0 Å². The minimum atomic E-state index is -3.28. The standard InChI is InChI=1S/C12H17N3O3S/c13-12(15-16)9-1-5-11(6-2-9)19(17,18)8-7-14-10-3-4-10/h1-2,5-6,10,14,16H,3-4,7-8H2,(H2,13,15). The highest BCUT2D eigenvalue weighted by atomic mass is 32.2. The number of rotatable bonds is 6. The van der Waals surface area contributed by atoms with Crippen molar-refractivity contribution >= 4 is 15.7 Å². The molecule has 7 heteroatoms. The summed E-state index contributed by atoms with van der Waals surface area (Å²) in [7, 11) is -3.28. The Morgan fingerprint density at radius 3 is 2.53 bits per heavy atom. The molecule has 1 aromatic rings. The SMILES string of the molecule is N/C(=N/O)c1ccc(S(=O)(=O)CCNC2CC2)cc1. The van der Waals surface area contributed by atoms with Gasteiger partial charge in [0.1, 0.15) is 0 Å². The molecule has 0 heterocycles. The van der Waals surface area contributed by atoms with Gasteiger partial charge in [0.05, 0.1) is 10.6 Å². The van der Waals surface area contributed by atoms with Gasteiger partial charge in [-0.15, -0.1) is 0 Å². The first-order chi connectivity index (χ1) is 9.03. The van der Waals surface area contributed by atoms with Crippen molar-refractivity contribution in [3.63, 3.8) is 0 Å². The number of hydrogen-bond donors (Lipinski definition) is 3. The molecule has 0 aliphatic heterocycles. The highest BCUT2D eigenvalue weighted by Crippen LogP contribution is 2.18.